The number of nitrogens with zero attached hydrogens (tertiary/aromatic N) is 3. The minimum absolute atomic E-state index is 0. The van der Waals surface area contributed by atoms with Crippen LogP contribution in [0.4, 0.5) is 0 Å². The Hall–Kier alpha value is -0.0900. The van der Waals surface area contributed by atoms with E-state index < -0.39 is 9.84 Å². The summed E-state index contributed by atoms with van der Waals surface area (Å²) in [5.41, 5.74) is -0.124. The topological polar surface area (TPSA) is 65.0 Å². The Morgan fingerprint density at radius 1 is 1.10 bits per heavy atom. The Morgan fingerprint density at radius 3 is 2.16 bits per heavy atom. The minimum atomic E-state index is -2.93. The summed E-state index contributed by atoms with van der Waals surface area (Å²) < 4.78 is 23.0. The fourth-order valence-corrected chi connectivity index (χ4v) is 5.61. The number of guanidine groups is 1. The number of sulfone groups is 1. The molecule has 1 aliphatic carbocycles. The lowest BCUT2D eigenvalue weighted by atomic mass is 9.79. The van der Waals surface area contributed by atoms with Gasteiger partial charge in [-0.25, -0.2) is 8.42 Å². The van der Waals surface area contributed by atoms with E-state index in [2.05, 4.69) is 49.7 Å². The second-order valence-corrected chi connectivity index (χ2v) is 12.8. The van der Waals surface area contributed by atoms with Crippen LogP contribution < -0.4 is 5.32 Å². The van der Waals surface area contributed by atoms with Crippen LogP contribution >= 0.6 is 24.0 Å². The van der Waals surface area contributed by atoms with Crippen molar-refractivity contribution in [3.8, 4) is 0 Å². The van der Waals surface area contributed by atoms with Gasteiger partial charge in [0.25, 0.3) is 0 Å². The van der Waals surface area contributed by atoms with Gasteiger partial charge >= 0.3 is 0 Å². The number of nitrogens with one attached hydrogen (secondary N) is 1. The zero-order valence-electron chi connectivity index (χ0n) is 20.7. The number of piperazine rings is 1. The quantitative estimate of drug-likeness (QED) is 0.273. The molecule has 1 N–H and O–H groups in total. The molecule has 0 radical (unpaired) electrons. The van der Waals surface area contributed by atoms with Crippen LogP contribution in [0.2, 0.25) is 0 Å². The fraction of sp³-hybridized carbons (Fsp3) is 0.957. The normalized spacial score (nSPS) is 24.2. The minimum Gasteiger partial charge on any atom is -0.357 e. The van der Waals surface area contributed by atoms with Crippen LogP contribution in [0.25, 0.3) is 0 Å². The molecule has 0 spiro atoms. The standard InChI is InChI=1S/C23H46N4O2S.HI/c1-7-24-22(25-18-23(4,5)12-17-30(6,28)29)27-15-13-26(14-16-27)21-10-8-20(9-11-21)19(2)3;/h19-21H,7-18H2,1-6H3,(H,24,25);1H. The lowest BCUT2D eigenvalue weighted by Crippen LogP contribution is -2.55. The number of halogens is 1. The van der Waals surface area contributed by atoms with E-state index in [9.17, 15) is 8.42 Å². The van der Waals surface area contributed by atoms with E-state index in [4.69, 9.17) is 4.99 Å². The molecule has 0 aromatic heterocycles. The Balaban J connectivity index is 0.00000480. The molecule has 0 aromatic carbocycles. The summed E-state index contributed by atoms with van der Waals surface area (Å²) >= 11 is 0. The van der Waals surface area contributed by atoms with Crippen LogP contribution in [0, 0.1) is 17.3 Å². The van der Waals surface area contributed by atoms with E-state index in [1.165, 1.54) is 31.9 Å². The first-order chi connectivity index (χ1) is 14.0. The van der Waals surface area contributed by atoms with Crippen molar-refractivity contribution in [3.05, 3.63) is 0 Å². The van der Waals surface area contributed by atoms with Crippen molar-refractivity contribution in [2.45, 2.75) is 72.8 Å². The van der Waals surface area contributed by atoms with Gasteiger partial charge in [0, 0.05) is 51.6 Å². The van der Waals surface area contributed by atoms with Crippen molar-refractivity contribution in [3.63, 3.8) is 0 Å². The van der Waals surface area contributed by atoms with Crippen molar-refractivity contribution < 1.29 is 8.42 Å². The molecule has 184 valence electrons. The van der Waals surface area contributed by atoms with E-state index in [1.807, 2.05) is 0 Å². The molecular formula is C23H47IN4O2S. The van der Waals surface area contributed by atoms with E-state index in [0.717, 1.165) is 56.6 Å². The Labute approximate surface area is 208 Å². The monoisotopic (exact) mass is 570 g/mol. The highest BCUT2D eigenvalue weighted by Gasteiger charge is 2.30. The van der Waals surface area contributed by atoms with Crippen molar-refractivity contribution >= 4 is 39.8 Å². The molecule has 2 fully saturated rings. The third-order valence-corrected chi connectivity index (χ3v) is 7.90. The third-order valence-electron chi connectivity index (χ3n) is 6.96. The van der Waals surface area contributed by atoms with Gasteiger partial charge in [0.1, 0.15) is 9.84 Å². The first-order valence-electron chi connectivity index (χ1n) is 12.0. The average molecular weight is 571 g/mol. The SMILES string of the molecule is CCNC(=NCC(C)(C)CCS(C)(=O)=O)N1CCN(C2CCC(C(C)C)CC2)CC1.I. The van der Waals surface area contributed by atoms with Crippen LogP contribution in [-0.4, -0.2) is 81.5 Å². The van der Waals surface area contributed by atoms with E-state index in [-0.39, 0.29) is 35.1 Å². The van der Waals surface area contributed by atoms with Crippen LogP contribution in [0.5, 0.6) is 0 Å². The highest BCUT2D eigenvalue weighted by molar-refractivity contribution is 14.0. The smallest absolute Gasteiger partial charge is 0.194 e. The first kappa shape index (κ1) is 28.9. The van der Waals surface area contributed by atoms with E-state index in [0.29, 0.717) is 13.0 Å². The van der Waals surface area contributed by atoms with Gasteiger partial charge in [0.15, 0.2) is 5.96 Å². The van der Waals surface area contributed by atoms with Gasteiger partial charge in [-0.2, -0.15) is 0 Å². The van der Waals surface area contributed by atoms with Crippen molar-refractivity contribution in [1.82, 2.24) is 15.1 Å². The molecule has 2 aliphatic rings. The van der Waals surface area contributed by atoms with Gasteiger partial charge in [-0.15, -0.1) is 24.0 Å². The molecule has 6 nitrogen and oxygen atoms in total. The number of aliphatic imine (C=N–C) groups is 1. The molecule has 0 aromatic rings. The molecule has 0 bridgehead atoms. The fourth-order valence-electron chi connectivity index (χ4n) is 4.69. The maximum absolute atomic E-state index is 11.5. The molecule has 0 amide bonds. The molecule has 1 saturated heterocycles. The molecule has 0 unspecified atom stereocenters. The lowest BCUT2D eigenvalue weighted by molar-refractivity contribution is 0.0863. The van der Waals surface area contributed by atoms with Crippen molar-refractivity contribution in [1.29, 1.82) is 0 Å². The third kappa shape index (κ3) is 10.2. The summed E-state index contributed by atoms with van der Waals surface area (Å²) in [4.78, 5) is 9.98. The number of hydrogen-bond donors (Lipinski definition) is 1. The van der Waals surface area contributed by atoms with Gasteiger partial charge in [0.2, 0.25) is 0 Å². The largest absolute Gasteiger partial charge is 0.357 e. The molecule has 31 heavy (non-hydrogen) atoms. The summed E-state index contributed by atoms with van der Waals surface area (Å²) in [5.74, 6) is 2.95. The van der Waals surface area contributed by atoms with E-state index in [1.54, 1.807) is 0 Å². The summed E-state index contributed by atoms with van der Waals surface area (Å²) in [6.07, 6.45) is 7.42. The molecule has 2 rings (SSSR count). The molecule has 1 heterocycles. The number of rotatable bonds is 8. The summed E-state index contributed by atoms with van der Waals surface area (Å²) in [5, 5.41) is 3.45. The highest BCUT2D eigenvalue weighted by atomic mass is 127. The predicted molar refractivity (Wildman–Crippen MR) is 143 cm³/mol. The Bertz CT molecular complexity index is 650. The number of hydrogen-bond acceptors (Lipinski definition) is 4. The van der Waals surface area contributed by atoms with Crippen LogP contribution in [0.1, 0.15) is 66.7 Å². The zero-order chi connectivity index (χ0) is 22.4. The average Bonchev–Trinajstić information content (AvgIpc) is 2.69. The van der Waals surface area contributed by atoms with Crippen molar-refractivity contribution in [2.24, 2.45) is 22.2 Å². The Kier molecular flexibility index (Phi) is 12.1. The molecule has 1 aliphatic heterocycles. The van der Waals surface area contributed by atoms with Gasteiger partial charge in [-0.05, 0) is 56.3 Å². The lowest BCUT2D eigenvalue weighted by Gasteiger charge is -2.43. The van der Waals surface area contributed by atoms with Gasteiger partial charge in [-0.1, -0.05) is 27.7 Å². The molecule has 0 atom stereocenters. The molecule has 1 saturated carbocycles. The summed E-state index contributed by atoms with van der Waals surface area (Å²) in [6, 6.07) is 0.761. The zero-order valence-corrected chi connectivity index (χ0v) is 23.8. The first-order valence-corrected chi connectivity index (χ1v) is 14.0. The second kappa shape index (κ2) is 13.0. The van der Waals surface area contributed by atoms with Gasteiger partial charge in [0.05, 0.1) is 5.75 Å². The Morgan fingerprint density at radius 2 is 1.68 bits per heavy atom. The predicted octanol–water partition coefficient (Wildman–Crippen LogP) is 3.86. The van der Waals surface area contributed by atoms with Crippen LogP contribution in [-0.2, 0) is 9.84 Å². The van der Waals surface area contributed by atoms with E-state index >= 15 is 0 Å². The van der Waals surface area contributed by atoms with Crippen molar-refractivity contribution in [2.75, 3.05) is 51.3 Å². The molecule has 8 heteroatoms. The maximum Gasteiger partial charge on any atom is 0.194 e. The summed E-state index contributed by atoms with van der Waals surface area (Å²) in [7, 11) is -2.93. The second-order valence-electron chi connectivity index (χ2n) is 10.5. The van der Waals surface area contributed by atoms with Gasteiger partial charge in [-0.3, -0.25) is 9.89 Å². The van der Waals surface area contributed by atoms with Gasteiger partial charge < -0.3 is 10.2 Å². The highest BCUT2D eigenvalue weighted by Crippen LogP contribution is 2.32. The summed E-state index contributed by atoms with van der Waals surface area (Å²) in [6.45, 7) is 16.8. The molecular weight excluding hydrogens is 523 g/mol. The van der Waals surface area contributed by atoms with Crippen LogP contribution in [0.3, 0.4) is 0 Å². The van der Waals surface area contributed by atoms with Crippen LogP contribution in [0.15, 0.2) is 4.99 Å². The maximum atomic E-state index is 11.5.